The van der Waals surface area contributed by atoms with E-state index in [1.54, 1.807) is 25.1 Å². The largest absolute Gasteiger partial charge is 0.331 e. The summed E-state index contributed by atoms with van der Waals surface area (Å²) in [4.78, 5) is 42.2. The smallest absolute Gasteiger partial charge is 0.322 e. The monoisotopic (exact) mass is 435 g/mol. The summed E-state index contributed by atoms with van der Waals surface area (Å²) in [6.45, 7) is 2.05. The number of hydrogen-bond donors (Lipinski definition) is 1. The van der Waals surface area contributed by atoms with Crippen LogP contribution in [0.5, 0.6) is 0 Å². The molecule has 0 aromatic heterocycles. The van der Waals surface area contributed by atoms with Crippen molar-refractivity contribution >= 4 is 41.0 Å². The number of halogens is 2. The Labute approximate surface area is 178 Å². The van der Waals surface area contributed by atoms with Crippen molar-refractivity contribution in [3.63, 3.8) is 0 Å². The van der Waals surface area contributed by atoms with Crippen LogP contribution in [0.1, 0.15) is 18.5 Å². The maximum absolute atomic E-state index is 13.2. The fourth-order valence-corrected chi connectivity index (χ4v) is 3.98. The van der Waals surface area contributed by atoms with Gasteiger partial charge in [-0.3, -0.25) is 14.5 Å². The first kappa shape index (κ1) is 21.0. The average molecular weight is 436 g/mol. The summed E-state index contributed by atoms with van der Waals surface area (Å²) in [7, 11) is 1.50. The Balaban J connectivity index is 1.95. The number of nitriles is 1. The first-order valence-corrected chi connectivity index (χ1v) is 9.70. The number of benzene rings is 1. The van der Waals surface area contributed by atoms with Crippen molar-refractivity contribution in [2.45, 2.75) is 13.0 Å². The molecular weight excluding hydrogens is 417 g/mol. The lowest BCUT2D eigenvalue weighted by Crippen LogP contribution is -2.47. The molecule has 0 radical (unpaired) electrons. The molecule has 0 saturated carbocycles. The molecule has 3 rings (SSSR count). The lowest BCUT2D eigenvalue weighted by molar-refractivity contribution is -0.136. The number of likely N-dealkylation sites (N-methyl/N-ethyl adjacent to an activating group) is 2. The predicted molar refractivity (Wildman–Crippen MR) is 107 cm³/mol. The van der Waals surface area contributed by atoms with Gasteiger partial charge in [0.25, 0.3) is 5.91 Å². The van der Waals surface area contributed by atoms with Crippen LogP contribution in [0.25, 0.3) is 0 Å². The summed E-state index contributed by atoms with van der Waals surface area (Å²) in [6.07, 6.45) is 0. The molecule has 152 valence electrons. The van der Waals surface area contributed by atoms with Crippen molar-refractivity contribution in [2.24, 2.45) is 0 Å². The van der Waals surface area contributed by atoms with Gasteiger partial charge in [0, 0.05) is 23.6 Å². The lowest BCUT2D eigenvalue weighted by atomic mass is 9.95. The van der Waals surface area contributed by atoms with Gasteiger partial charge in [-0.2, -0.15) is 5.26 Å². The van der Waals surface area contributed by atoms with Crippen LogP contribution < -0.4 is 5.32 Å². The predicted octanol–water partition coefficient (Wildman–Crippen LogP) is 2.16. The van der Waals surface area contributed by atoms with E-state index < -0.39 is 6.04 Å². The summed E-state index contributed by atoms with van der Waals surface area (Å²) < 4.78 is 0. The molecular formula is C19H19Cl2N5O3. The minimum absolute atomic E-state index is 0.0713. The van der Waals surface area contributed by atoms with E-state index in [-0.39, 0.29) is 37.5 Å². The Kier molecular flexibility index (Phi) is 6.01. The van der Waals surface area contributed by atoms with Gasteiger partial charge in [-0.15, -0.1) is 0 Å². The number of amides is 4. The molecule has 1 aromatic carbocycles. The van der Waals surface area contributed by atoms with Crippen LogP contribution in [0.3, 0.4) is 0 Å². The summed E-state index contributed by atoms with van der Waals surface area (Å²) >= 11 is 12.3. The molecule has 0 unspecified atom stereocenters. The number of rotatable bonds is 5. The zero-order valence-corrected chi connectivity index (χ0v) is 17.4. The van der Waals surface area contributed by atoms with Gasteiger partial charge in [0.05, 0.1) is 29.9 Å². The minimum atomic E-state index is -0.741. The fraction of sp³-hybridized carbons (Fsp3) is 0.368. The third-order valence-electron chi connectivity index (χ3n) is 4.95. The van der Waals surface area contributed by atoms with Crippen LogP contribution in [0.15, 0.2) is 29.5 Å². The van der Waals surface area contributed by atoms with E-state index >= 15 is 0 Å². The molecule has 0 saturated heterocycles. The zero-order valence-electron chi connectivity index (χ0n) is 15.9. The van der Waals surface area contributed by atoms with E-state index in [9.17, 15) is 14.4 Å². The number of hydrogen-bond acceptors (Lipinski definition) is 4. The van der Waals surface area contributed by atoms with Gasteiger partial charge in [0.1, 0.15) is 13.1 Å². The highest BCUT2D eigenvalue weighted by Gasteiger charge is 2.44. The Morgan fingerprint density at radius 2 is 2.10 bits per heavy atom. The van der Waals surface area contributed by atoms with Crippen LogP contribution in [-0.4, -0.2) is 65.8 Å². The minimum Gasteiger partial charge on any atom is -0.331 e. The van der Waals surface area contributed by atoms with Crippen molar-refractivity contribution in [2.75, 3.05) is 33.2 Å². The molecule has 1 aromatic rings. The van der Waals surface area contributed by atoms with Crippen LogP contribution >= 0.6 is 23.2 Å². The maximum Gasteiger partial charge on any atom is 0.322 e. The molecule has 4 amide bonds. The summed E-state index contributed by atoms with van der Waals surface area (Å²) in [5, 5.41) is 12.4. The van der Waals surface area contributed by atoms with E-state index in [4.69, 9.17) is 28.5 Å². The topological polar surface area (TPSA) is 96.8 Å². The Hall–Kier alpha value is -2.76. The lowest BCUT2D eigenvalue weighted by Gasteiger charge is -2.33. The zero-order chi connectivity index (χ0) is 21.3. The molecule has 0 bridgehead atoms. The number of nitrogens with one attached hydrogen (secondary N) is 1. The van der Waals surface area contributed by atoms with Gasteiger partial charge in [0.15, 0.2) is 0 Å². The van der Waals surface area contributed by atoms with Crippen molar-refractivity contribution in [1.29, 1.82) is 5.26 Å². The molecule has 1 atom stereocenters. The van der Waals surface area contributed by atoms with Crippen LogP contribution in [0, 0.1) is 11.3 Å². The molecule has 8 nitrogen and oxygen atoms in total. The number of urea groups is 1. The Morgan fingerprint density at radius 1 is 1.38 bits per heavy atom. The molecule has 2 heterocycles. The van der Waals surface area contributed by atoms with Gasteiger partial charge in [0.2, 0.25) is 5.91 Å². The molecule has 1 N–H and O–H groups in total. The SMILES string of the molecule is CCN1C(=O)N[C@@H](c2ccc(Cl)cc2Cl)C2=C1CN(CC(=O)N(C)CC#N)C2=O. The van der Waals surface area contributed by atoms with E-state index in [0.29, 0.717) is 33.4 Å². The molecule has 0 aliphatic carbocycles. The summed E-state index contributed by atoms with van der Waals surface area (Å²) in [5.41, 5.74) is 1.48. The van der Waals surface area contributed by atoms with Crippen LogP contribution in [0.4, 0.5) is 4.79 Å². The molecule has 0 spiro atoms. The Morgan fingerprint density at radius 3 is 2.72 bits per heavy atom. The average Bonchev–Trinajstić information content (AvgIpc) is 2.97. The molecule has 29 heavy (non-hydrogen) atoms. The molecule has 10 heteroatoms. The number of nitrogens with zero attached hydrogens (tertiary/aromatic N) is 4. The molecule has 0 fully saturated rings. The van der Waals surface area contributed by atoms with Crippen LogP contribution in [-0.2, 0) is 9.59 Å². The first-order valence-electron chi connectivity index (χ1n) is 8.94. The van der Waals surface area contributed by atoms with Crippen LogP contribution in [0.2, 0.25) is 10.0 Å². The maximum atomic E-state index is 13.2. The third-order valence-corrected chi connectivity index (χ3v) is 5.51. The van der Waals surface area contributed by atoms with E-state index in [2.05, 4.69) is 5.32 Å². The van der Waals surface area contributed by atoms with Gasteiger partial charge >= 0.3 is 6.03 Å². The summed E-state index contributed by atoms with van der Waals surface area (Å²) in [6, 6.07) is 5.67. The second-order valence-electron chi connectivity index (χ2n) is 6.72. The van der Waals surface area contributed by atoms with E-state index in [0.717, 1.165) is 0 Å². The van der Waals surface area contributed by atoms with E-state index in [1.165, 1.54) is 21.7 Å². The summed E-state index contributed by atoms with van der Waals surface area (Å²) in [5.74, 6) is -0.712. The van der Waals surface area contributed by atoms with Gasteiger partial charge in [-0.25, -0.2) is 4.79 Å². The number of carbonyl (C=O) groups is 3. The standard InChI is InChI=1S/C19H19Cl2N5O3/c1-3-26-14-9-25(10-15(27)24(2)7-6-22)18(28)16(14)17(23-19(26)29)12-5-4-11(20)8-13(12)21/h4-5,8,17H,3,7,9-10H2,1-2H3,(H,23,29)/t17-/m0/s1. The third kappa shape index (κ3) is 3.88. The quantitative estimate of drug-likeness (QED) is 0.716. The molecule has 2 aliphatic rings. The highest BCUT2D eigenvalue weighted by molar-refractivity contribution is 6.35. The van der Waals surface area contributed by atoms with Gasteiger partial charge in [-0.05, 0) is 24.6 Å². The van der Waals surface area contributed by atoms with Crippen molar-refractivity contribution in [1.82, 2.24) is 20.0 Å². The highest BCUT2D eigenvalue weighted by atomic mass is 35.5. The normalized spacial score (nSPS) is 18.5. The highest BCUT2D eigenvalue weighted by Crippen LogP contribution is 2.39. The molecule has 2 aliphatic heterocycles. The van der Waals surface area contributed by atoms with Crippen molar-refractivity contribution < 1.29 is 14.4 Å². The van der Waals surface area contributed by atoms with E-state index in [1.807, 2.05) is 6.07 Å². The fourth-order valence-electron chi connectivity index (χ4n) is 3.46. The Bertz CT molecular complexity index is 956. The number of carbonyl (C=O) groups excluding carboxylic acids is 3. The first-order chi connectivity index (χ1) is 13.8. The van der Waals surface area contributed by atoms with Gasteiger partial charge in [-0.1, -0.05) is 29.3 Å². The van der Waals surface area contributed by atoms with Crippen molar-refractivity contribution in [3.05, 3.63) is 45.1 Å². The second-order valence-corrected chi connectivity index (χ2v) is 7.57. The van der Waals surface area contributed by atoms with Crippen molar-refractivity contribution in [3.8, 4) is 6.07 Å². The second kappa shape index (κ2) is 8.31. The van der Waals surface area contributed by atoms with Gasteiger partial charge < -0.3 is 15.1 Å².